The van der Waals surface area contributed by atoms with E-state index in [1.165, 1.54) is 44.9 Å². The summed E-state index contributed by atoms with van der Waals surface area (Å²) in [7, 11) is 0. The summed E-state index contributed by atoms with van der Waals surface area (Å²) in [4.78, 5) is 0. The molecule has 0 fully saturated rings. The van der Waals surface area contributed by atoms with Crippen LogP contribution in [0.5, 0.6) is 0 Å². The number of hydrogen-bond donors (Lipinski definition) is 0. The summed E-state index contributed by atoms with van der Waals surface area (Å²) in [5.74, 6) is 0. The van der Waals surface area contributed by atoms with Crippen LogP contribution in [0.25, 0.3) is 0 Å². The highest BCUT2D eigenvalue weighted by atomic mass is 13.9. The molecule has 0 nitrogen and oxygen atoms in total. The van der Waals surface area contributed by atoms with Crippen LogP contribution in [-0.2, 0) is 0 Å². The Morgan fingerprint density at radius 3 is 1.93 bits per heavy atom. The summed E-state index contributed by atoms with van der Waals surface area (Å²) in [6, 6.07) is 0. The Kier molecular flexibility index (Phi) is 12.0. The molecule has 0 aliphatic rings. The van der Waals surface area contributed by atoms with Gasteiger partial charge in [-0.25, -0.2) is 0 Å². The average Bonchev–Trinajstić information content (AvgIpc) is 2.21. The maximum atomic E-state index is 3.76. The van der Waals surface area contributed by atoms with Gasteiger partial charge in [-0.3, -0.25) is 0 Å². The highest BCUT2D eigenvalue weighted by Gasteiger charge is 1.82. The van der Waals surface area contributed by atoms with E-state index >= 15 is 0 Å². The van der Waals surface area contributed by atoms with Gasteiger partial charge in [0.2, 0.25) is 0 Å². The van der Waals surface area contributed by atoms with Crippen molar-refractivity contribution in [1.29, 1.82) is 0 Å². The van der Waals surface area contributed by atoms with Crippen molar-refractivity contribution >= 4 is 0 Å². The zero-order valence-corrected chi connectivity index (χ0v) is 9.67. The van der Waals surface area contributed by atoms with Crippen molar-refractivity contribution in [2.24, 2.45) is 0 Å². The Hall–Kier alpha value is -0.520. The highest BCUT2D eigenvalue weighted by molar-refractivity contribution is 4.85. The van der Waals surface area contributed by atoms with Crippen LogP contribution in [0.3, 0.4) is 0 Å². The molecule has 81 valence electrons. The molecule has 0 N–H and O–H groups in total. The molecule has 0 aromatic rings. The molecule has 0 aliphatic heterocycles. The predicted octanol–water partition coefficient (Wildman–Crippen LogP) is 5.07. The van der Waals surface area contributed by atoms with E-state index in [4.69, 9.17) is 0 Å². The van der Waals surface area contributed by atoms with Crippen LogP contribution in [0, 0.1) is 6.92 Å². The fraction of sp³-hybridized carbons (Fsp3) is 0.643. The zero-order valence-electron chi connectivity index (χ0n) is 9.67. The fourth-order valence-electron chi connectivity index (χ4n) is 1.34. The molecule has 0 amide bonds. The van der Waals surface area contributed by atoms with E-state index < -0.39 is 0 Å². The molecule has 0 saturated carbocycles. The summed E-state index contributed by atoms with van der Waals surface area (Å²) < 4.78 is 0. The first-order valence-electron chi connectivity index (χ1n) is 6.01. The minimum atomic E-state index is 0.923. The largest absolute Gasteiger partial charge is 0.0885 e. The maximum absolute atomic E-state index is 3.76. The molecule has 0 rings (SSSR count). The first kappa shape index (κ1) is 13.5. The van der Waals surface area contributed by atoms with E-state index in [1.54, 1.807) is 0 Å². The van der Waals surface area contributed by atoms with Gasteiger partial charge in [0.1, 0.15) is 0 Å². The van der Waals surface area contributed by atoms with Crippen molar-refractivity contribution in [1.82, 2.24) is 0 Å². The van der Waals surface area contributed by atoms with Crippen LogP contribution in [0.4, 0.5) is 0 Å². The standard InChI is InChI=1S/C14H25/c1-3-5-7-9-11-13-14-12-10-8-6-4-2/h5,7,12,14H,1,3-4,6,8-11,13H2,2H3. The fourth-order valence-corrected chi connectivity index (χ4v) is 1.34. The van der Waals surface area contributed by atoms with Gasteiger partial charge in [0, 0.05) is 0 Å². The second-order valence-electron chi connectivity index (χ2n) is 3.66. The minimum absolute atomic E-state index is 0.923. The van der Waals surface area contributed by atoms with Gasteiger partial charge < -0.3 is 0 Å². The highest BCUT2D eigenvalue weighted by Crippen LogP contribution is 2.02. The second-order valence-corrected chi connectivity index (χ2v) is 3.66. The number of rotatable bonds is 9. The molecule has 0 saturated heterocycles. The SMILES string of the molecule is [CH2]CC=CCCCC=CCCCCC. The Labute approximate surface area is 90.1 Å². The van der Waals surface area contributed by atoms with Crippen molar-refractivity contribution < 1.29 is 0 Å². The average molecular weight is 193 g/mol. The van der Waals surface area contributed by atoms with Gasteiger partial charge in [0.25, 0.3) is 0 Å². The van der Waals surface area contributed by atoms with Gasteiger partial charge in [-0.1, -0.05) is 44.1 Å². The van der Waals surface area contributed by atoms with Crippen LogP contribution < -0.4 is 0 Å². The van der Waals surface area contributed by atoms with Crippen LogP contribution in [-0.4, -0.2) is 0 Å². The van der Waals surface area contributed by atoms with Gasteiger partial charge in [0.05, 0.1) is 0 Å². The Balaban J connectivity index is 3.07. The normalized spacial score (nSPS) is 11.9. The zero-order chi connectivity index (χ0) is 10.5. The molecule has 0 unspecified atom stereocenters. The van der Waals surface area contributed by atoms with Gasteiger partial charge in [0.15, 0.2) is 0 Å². The van der Waals surface area contributed by atoms with Gasteiger partial charge >= 0.3 is 0 Å². The van der Waals surface area contributed by atoms with E-state index in [0.717, 1.165) is 6.42 Å². The molecule has 0 atom stereocenters. The van der Waals surface area contributed by atoms with E-state index in [-0.39, 0.29) is 0 Å². The summed E-state index contributed by atoms with van der Waals surface area (Å²) in [6.45, 7) is 6.01. The molecule has 14 heavy (non-hydrogen) atoms. The minimum Gasteiger partial charge on any atom is -0.0885 e. The summed E-state index contributed by atoms with van der Waals surface area (Å²) in [6.07, 6.45) is 19.0. The summed E-state index contributed by atoms with van der Waals surface area (Å²) in [5.41, 5.74) is 0. The second kappa shape index (κ2) is 12.5. The lowest BCUT2D eigenvalue weighted by Gasteiger charge is -1.92. The molecule has 1 radical (unpaired) electrons. The summed E-state index contributed by atoms with van der Waals surface area (Å²) in [5, 5.41) is 0. The van der Waals surface area contributed by atoms with Crippen molar-refractivity contribution in [3.05, 3.63) is 31.2 Å². The molecule has 0 aromatic carbocycles. The third-order valence-corrected chi connectivity index (χ3v) is 2.22. The van der Waals surface area contributed by atoms with Crippen molar-refractivity contribution in [3.63, 3.8) is 0 Å². The molecular weight excluding hydrogens is 168 g/mol. The number of unbranched alkanes of at least 4 members (excludes halogenated alkanes) is 5. The van der Waals surface area contributed by atoms with Crippen LogP contribution in [0.2, 0.25) is 0 Å². The maximum Gasteiger partial charge on any atom is -0.0348 e. The molecule has 0 aliphatic carbocycles. The lowest BCUT2D eigenvalue weighted by atomic mass is 10.1. The Morgan fingerprint density at radius 1 is 0.786 bits per heavy atom. The monoisotopic (exact) mass is 193 g/mol. The molecule has 0 heteroatoms. The number of hydrogen-bond acceptors (Lipinski definition) is 0. The third-order valence-electron chi connectivity index (χ3n) is 2.22. The van der Waals surface area contributed by atoms with Crippen LogP contribution in [0.1, 0.15) is 58.3 Å². The van der Waals surface area contributed by atoms with Crippen molar-refractivity contribution in [3.8, 4) is 0 Å². The first-order chi connectivity index (χ1) is 6.91. The molecule has 0 heterocycles. The Morgan fingerprint density at radius 2 is 1.36 bits per heavy atom. The molecular formula is C14H25. The Bertz CT molecular complexity index is 142. The van der Waals surface area contributed by atoms with Crippen molar-refractivity contribution in [2.75, 3.05) is 0 Å². The van der Waals surface area contributed by atoms with E-state index in [0.29, 0.717) is 0 Å². The van der Waals surface area contributed by atoms with E-state index in [1.807, 2.05) is 0 Å². The predicted molar refractivity (Wildman–Crippen MR) is 66.2 cm³/mol. The van der Waals surface area contributed by atoms with Crippen molar-refractivity contribution in [2.45, 2.75) is 58.3 Å². The van der Waals surface area contributed by atoms with E-state index in [2.05, 4.69) is 38.2 Å². The number of allylic oxidation sites excluding steroid dienone is 4. The van der Waals surface area contributed by atoms with Gasteiger partial charge in [-0.05, 0) is 45.4 Å². The first-order valence-corrected chi connectivity index (χ1v) is 6.01. The quantitative estimate of drug-likeness (QED) is 0.354. The van der Waals surface area contributed by atoms with Crippen LogP contribution >= 0.6 is 0 Å². The lowest BCUT2D eigenvalue weighted by molar-refractivity contribution is 0.727. The lowest BCUT2D eigenvalue weighted by Crippen LogP contribution is -1.72. The smallest absolute Gasteiger partial charge is 0.0348 e. The van der Waals surface area contributed by atoms with E-state index in [9.17, 15) is 0 Å². The summed E-state index contributed by atoms with van der Waals surface area (Å²) >= 11 is 0. The van der Waals surface area contributed by atoms with Gasteiger partial charge in [-0.2, -0.15) is 0 Å². The third kappa shape index (κ3) is 11.5. The van der Waals surface area contributed by atoms with Crippen LogP contribution in [0.15, 0.2) is 24.3 Å². The molecule has 0 aromatic heterocycles. The van der Waals surface area contributed by atoms with Gasteiger partial charge in [-0.15, -0.1) is 0 Å². The topological polar surface area (TPSA) is 0 Å². The molecule has 0 spiro atoms. The molecule has 0 bridgehead atoms.